The molecule has 0 aliphatic heterocycles. The van der Waals surface area contributed by atoms with Gasteiger partial charge in [-0.15, -0.1) is 11.3 Å². The van der Waals surface area contributed by atoms with E-state index in [2.05, 4.69) is 0 Å². The van der Waals surface area contributed by atoms with Crippen molar-refractivity contribution in [1.82, 2.24) is 0 Å². The van der Waals surface area contributed by atoms with Crippen LogP contribution in [0.3, 0.4) is 0 Å². The van der Waals surface area contributed by atoms with Gasteiger partial charge in [0.2, 0.25) is 0 Å². The molecule has 0 spiro atoms. The summed E-state index contributed by atoms with van der Waals surface area (Å²) in [4.78, 5) is 10.4. The number of aliphatic hydroxyl groups excluding tert-OH is 1. The summed E-state index contributed by atoms with van der Waals surface area (Å²) in [5, 5.41) is 8.75. The predicted octanol–water partition coefficient (Wildman–Crippen LogP) is 2.36. The van der Waals surface area contributed by atoms with E-state index in [1.807, 2.05) is 0 Å². The van der Waals surface area contributed by atoms with Gasteiger partial charge in [0.1, 0.15) is 8.67 Å². The molecule has 0 aliphatic rings. The highest BCUT2D eigenvalue weighted by Gasteiger charge is 2.13. The molecule has 0 unspecified atom stereocenters. The topological polar surface area (TPSA) is 37.3 Å². The minimum absolute atomic E-state index is 0.254. The second-order valence-corrected chi connectivity index (χ2v) is 4.04. The fourth-order valence-corrected chi connectivity index (χ4v) is 2.32. The van der Waals surface area contributed by atoms with Gasteiger partial charge in [-0.1, -0.05) is 23.2 Å². The molecule has 1 rings (SSSR count). The minimum atomic E-state index is -0.254. The van der Waals surface area contributed by atoms with Crippen molar-refractivity contribution in [2.24, 2.45) is 0 Å². The predicted molar refractivity (Wildman–Crippen MR) is 45.6 cm³/mol. The summed E-state index contributed by atoms with van der Waals surface area (Å²) in [6.07, 6.45) is 0.594. The molecule has 0 atom stereocenters. The second kappa shape index (κ2) is 3.54. The third-order valence-corrected chi connectivity index (χ3v) is 2.95. The zero-order valence-electron chi connectivity index (χ0n) is 5.30. The first-order valence-electron chi connectivity index (χ1n) is 2.73. The Bertz CT molecular complexity index is 282. The van der Waals surface area contributed by atoms with Gasteiger partial charge < -0.3 is 5.11 Å². The molecular formula is C6H4Cl2O2S. The molecule has 2 nitrogen and oxygen atoms in total. The van der Waals surface area contributed by atoms with Gasteiger partial charge in [0.15, 0.2) is 6.29 Å². The average Bonchev–Trinajstić information content (AvgIpc) is 2.24. The molecule has 0 saturated carbocycles. The fourth-order valence-electron chi connectivity index (χ4n) is 0.685. The van der Waals surface area contributed by atoms with Gasteiger partial charge >= 0.3 is 0 Å². The Kier molecular flexibility index (Phi) is 2.90. The van der Waals surface area contributed by atoms with Crippen LogP contribution < -0.4 is 0 Å². The van der Waals surface area contributed by atoms with E-state index in [4.69, 9.17) is 28.3 Å². The molecule has 0 aromatic carbocycles. The van der Waals surface area contributed by atoms with Gasteiger partial charge in [-0.25, -0.2) is 0 Å². The molecule has 1 aromatic heterocycles. The highest BCUT2D eigenvalue weighted by atomic mass is 35.5. The SMILES string of the molecule is O=Cc1c(Cl)sc(Cl)c1CO. The van der Waals surface area contributed by atoms with E-state index < -0.39 is 0 Å². The number of hydrogen-bond acceptors (Lipinski definition) is 3. The van der Waals surface area contributed by atoms with Crippen LogP contribution in [0.4, 0.5) is 0 Å². The lowest BCUT2D eigenvalue weighted by atomic mass is 10.2. The Balaban J connectivity index is 3.28. The van der Waals surface area contributed by atoms with E-state index >= 15 is 0 Å². The first-order valence-corrected chi connectivity index (χ1v) is 4.30. The number of carbonyl (C=O) groups is 1. The molecule has 1 heterocycles. The Morgan fingerprint density at radius 1 is 1.45 bits per heavy atom. The third-order valence-electron chi connectivity index (χ3n) is 1.23. The number of aldehydes is 1. The monoisotopic (exact) mass is 210 g/mol. The Labute approximate surface area is 77.4 Å². The Hall–Kier alpha value is -0.0900. The van der Waals surface area contributed by atoms with Crippen LogP contribution in [0, 0.1) is 0 Å². The average molecular weight is 211 g/mol. The van der Waals surface area contributed by atoms with Crippen molar-refractivity contribution in [3.63, 3.8) is 0 Å². The van der Waals surface area contributed by atoms with Gasteiger partial charge in [-0.3, -0.25) is 4.79 Å². The van der Waals surface area contributed by atoms with Crippen LogP contribution in [-0.2, 0) is 6.61 Å². The first kappa shape index (κ1) is 9.00. The number of thiophene rings is 1. The molecule has 0 amide bonds. The van der Waals surface area contributed by atoms with Crippen LogP contribution in [0.1, 0.15) is 15.9 Å². The largest absolute Gasteiger partial charge is 0.392 e. The molecule has 0 fully saturated rings. The van der Waals surface area contributed by atoms with E-state index in [9.17, 15) is 4.79 Å². The van der Waals surface area contributed by atoms with Crippen molar-refractivity contribution in [3.8, 4) is 0 Å². The maximum atomic E-state index is 10.4. The van der Waals surface area contributed by atoms with Crippen LogP contribution in [0.5, 0.6) is 0 Å². The van der Waals surface area contributed by atoms with Gasteiger partial charge in [0.25, 0.3) is 0 Å². The van der Waals surface area contributed by atoms with Crippen LogP contribution in [0.25, 0.3) is 0 Å². The molecule has 60 valence electrons. The Morgan fingerprint density at radius 2 is 2.09 bits per heavy atom. The minimum Gasteiger partial charge on any atom is -0.392 e. The van der Waals surface area contributed by atoms with Gasteiger partial charge in [0, 0.05) is 5.56 Å². The fraction of sp³-hybridized carbons (Fsp3) is 0.167. The molecule has 1 N–H and O–H groups in total. The maximum absolute atomic E-state index is 10.4. The van der Waals surface area contributed by atoms with Crippen molar-refractivity contribution in [2.75, 3.05) is 0 Å². The van der Waals surface area contributed by atoms with E-state index in [-0.39, 0.29) is 6.61 Å². The van der Waals surface area contributed by atoms with Crippen molar-refractivity contribution < 1.29 is 9.90 Å². The van der Waals surface area contributed by atoms with Crippen LogP contribution >= 0.6 is 34.5 Å². The number of halogens is 2. The van der Waals surface area contributed by atoms with Crippen molar-refractivity contribution in [1.29, 1.82) is 0 Å². The molecule has 5 heteroatoms. The van der Waals surface area contributed by atoms with Gasteiger partial charge in [-0.05, 0) is 0 Å². The normalized spacial score (nSPS) is 10.1. The lowest BCUT2D eigenvalue weighted by molar-refractivity contribution is 0.112. The summed E-state index contributed by atoms with van der Waals surface area (Å²) in [6, 6.07) is 0. The summed E-state index contributed by atoms with van der Waals surface area (Å²) >= 11 is 12.3. The molecule has 0 aliphatic carbocycles. The second-order valence-electron chi connectivity index (χ2n) is 1.82. The molecule has 1 aromatic rings. The standard InChI is InChI=1S/C6H4Cl2O2S/c7-5-3(1-9)4(2-10)6(8)11-5/h1,10H,2H2. The van der Waals surface area contributed by atoms with Gasteiger partial charge in [-0.2, -0.15) is 0 Å². The molecule has 0 bridgehead atoms. The van der Waals surface area contributed by atoms with Crippen LogP contribution in [-0.4, -0.2) is 11.4 Å². The van der Waals surface area contributed by atoms with Gasteiger partial charge in [0.05, 0.1) is 12.2 Å². The zero-order valence-corrected chi connectivity index (χ0v) is 7.63. The van der Waals surface area contributed by atoms with E-state index in [0.717, 1.165) is 11.3 Å². The lowest BCUT2D eigenvalue weighted by Gasteiger charge is -1.91. The smallest absolute Gasteiger partial charge is 0.152 e. The highest BCUT2D eigenvalue weighted by molar-refractivity contribution is 7.20. The van der Waals surface area contributed by atoms with Crippen molar-refractivity contribution in [2.45, 2.75) is 6.61 Å². The molecular weight excluding hydrogens is 207 g/mol. The summed E-state index contributed by atoms with van der Waals surface area (Å²) in [6.45, 7) is -0.254. The number of rotatable bonds is 2. The van der Waals surface area contributed by atoms with E-state index in [1.165, 1.54) is 0 Å². The number of aliphatic hydroxyl groups is 1. The van der Waals surface area contributed by atoms with Crippen LogP contribution in [0.2, 0.25) is 8.67 Å². The van der Waals surface area contributed by atoms with Crippen LogP contribution in [0.15, 0.2) is 0 Å². The maximum Gasteiger partial charge on any atom is 0.152 e. The van der Waals surface area contributed by atoms with E-state index in [0.29, 0.717) is 26.1 Å². The quantitative estimate of drug-likeness (QED) is 0.762. The highest BCUT2D eigenvalue weighted by Crippen LogP contribution is 2.35. The summed E-state index contributed by atoms with van der Waals surface area (Å²) in [5.41, 5.74) is 0.709. The Morgan fingerprint density at radius 3 is 2.45 bits per heavy atom. The summed E-state index contributed by atoms with van der Waals surface area (Å²) in [5.74, 6) is 0. The first-order chi connectivity index (χ1) is 5.20. The molecule has 11 heavy (non-hydrogen) atoms. The molecule has 0 radical (unpaired) electrons. The summed E-state index contributed by atoms with van der Waals surface area (Å²) < 4.78 is 0.702. The summed E-state index contributed by atoms with van der Waals surface area (Å²) in [7, 11) is 0. The van der Waals surface area contributed by atoms with Crippen molar-refractivity contribution >= 4 is 40.8 Å². The van der Waals surface area contributed by atoms with E-state index in [1.54, 1.807) is 0 Å². The number of hydrogen-bond donors (Lipinski definition) is 1. The van der Waals surface area contributed by atoms with Crippen molar-refractivity contribution in [3.05, 3.63) is 19.8 Å². The number of carbonyl (C=O) groups excluding carboxylic acids is 1. The third kappa shape index (κ3) is 1.56. The lowest BCUT2D eigenvalue weighted by Crippen LogP contribution is -1.87. The molecule has 0 saturated heterocycles. The zero-order chi connectivity index (χ0) is 8.43.